The second-order valence-electron chi connectivity index (χ2n) is 6.08. The molecule has 0 aliphatic heterocycles. The fourth-order valence-corrected chi connectivity index (χ4v) is 2.76. The van der Waals surface area contributed by atoms with Crippen LogP contribution in [-0.2, 0) is 4.79 Å². The second-order valence-corrected chi connectivity index (χ2v) is 6.52. The molecule has 30 heavy (non-hydrogen) atoms. The van der Waals surface area contributed by atoms with Crippen LogP contribution in [0.1, 0.15) is 23.0 Å². The maximum Gasteiger partial charge on any atom is 0.281 e. The van der Waals surface area contributed by atoms with Gasteiger partial charge >= 0.3 is 0 Å². The van der Waals surface area contributed by atoms with E-state index in [2.05, 4.69) is 15.8 Å². The van der Waals surface area contributed by atoms with E-state index in [9.17, 15) is 19.7 Å². The van der Waals surface area contributed by atoms with Crippen LogP contribution in [0, 0.1) is 10.1 Å². The summed E-state index contributed by atoms with van der Waals surface area (Å²) < 4.78 is 5.56. The molecule has 10 heteroatoms. The first kappa shape index (κ1) is 20.7. The molecule has 0 atom stereocenters. The van der Waals surface area contributed by atoms with Crippen LogP contribution in [0.25, 0.3) is 11.3 Å². The van der Waals surface area contributed by atoms with E-state index < -0.39 is 10.8 Å². The summed E-state index contributed by atoms with van der Waals surface area (Å²) in [5.74, 6) is -0.200. The van der Waals surface area contributed by atoms with Gasteiger partial charge in [0.25, 0.3) is 11.6 Å². The Morgan fingerprint density at radius 2 is 1.97 bits per heavy atom. The van der Waals surface area contributed by atoms with Crippen LogP contribution in [-0.4, -0.2) is 23.0 Å². The second kappa shape index (κ2) is 9.01. The number of furan rings is 1. The molecule has 0 saturated heterocycles. The molecule has 0 radical (unpaired) electrons. The lowest BCUT2D eigenvalue weighted by Crippen LogP contribution is -2.18. The van der Waals surface area contributed by atoms with Crippen LogP contribution in [0.3, 0.4) is 0 Å². The molecule has 0 aliphatic rings. The van der Waals surface area contributed by atoms with E-state index in [1.165, 1.54) is 37.4 Å². The standard InChI is InChI=1S/C20H15ClN4O5/c1-12(26)23-15-4-2-3-13(9-15)20(27)24-22-11-16-6-8-19(30-16)17-7-5-14(21)10-18(17)25(28)29/h2-11H,1H3,(H,23,26)(H,24,27)/b22-11-. The Hall–Kier alpha value is -3.98. The Bertz CT molecular complexity index is 1160. The highest BCUT2D eigenvalue weighted by Crippen LogP contribution is 2.33. The van der Waals surface area contributed by atoms with Crippen LogP contribution in [0.2, 0.25) is 5.02 Å². The van der Waals surface area contributed by atoms with E-state index in [-0.39, 0.29) is 33.7 Å². The molecule has 0 spiro atoms. The van der Waals surface area contributed by atoms with Crippen LogP contribution in [0.5, 0.6) is 0 Å². The van der Waals surface area contributed by atoms with Gasteiger partial charge in [-0.1, -0.05) is 17.7 Å². The number of carbonyl (C=O) groups is 2. The highest BCUT2D eigenvalue weighted by Gasteiger charge is 2.18. The summed E-state index contributed by atoms with van der Waals surface area (Å²) in [7, 11) is 0. The fourth-order valence-electron chi connectivity index (χ4n) is 2.59. The minimum atomic E-state index is -0.549. The van der Waals surface area contributed by atoms with Gasteiger partial charge in [0.05, 0.1) is 16.7 Å². The Morgan fingerprint density at radius 1 is 1.17 bits per heavy atom. The molecule has 152 valence electrons. The smallest absolute Gasteiger partial charge is 0.281 e. The predicted octanol–water partition coefficient (Wildman–Crippen LogP) is 4.23. The Balaban J connectivity index is 1.70. The van der Waals surface area contributed by atoms with Crippen molar-refractivity contribution in [3.05, 3.63) is 81.1 Å². The summed E-state index contributed by atoms with van der Waals surface area (Å²) in [5.41, 5.74) is 3.21. The maximum absolute atomic E-state index is 12.2. The SMILES string of the molecule is CC(=O)Nc1cccc(C(=O)N/N=C\c2ccc(-c3ccc(Cl)cc3[N+](=O)[O-])o2)c1. The molecule has 2 amide bonds. The number of amides is 2. The van der Waals surface area contributed by atoms with E-state index in [1.54, 1.807) is 30.3 Å². The third kappa shape index (κ3) is 5.09. The summed E-state index contributed by atoms with van der Waals surface area (Å²) >= 11 is 5.82. The quantitative estimate of drug-likeness (QED) is 0.346. The molecule has 0 fully saturated rings. The molecule has 1 aromatic heterocycles. The highest BCUT2D eigenvalue weighted by atomic mass is 35.5. The average molecular weight is 427 g/mol. The summed E-state index contributed by atoms with van der Waals surface area (Å²) in [6.07, 6.45) is 1.26. The lowest BCUT2D eigenvalue weighted by molar-refractivity contribution is -0.384. The van der Waals surface area contributed by atoms with Gasteiger partial charge in [-0.15, -0.1) is 0 Å². The van der Waals surface area contributed by atoms with Crippen molar-refractivity contribution in [2.75, 3.05) is 5.32 Å². The van der Waals surface area contributed by atoms with Crippen molar-refractivity contribution < 1.29 is 18.9 Å². The molecule has 0 aliphatic carbocycles. The molecule has 9 nitrogen and oxygen atoms in total. The molecule has 3 rings (SSSR count). The molecule has 2 N–H and O–H groups in total. The molecule has 1 heterocycles. The molecular weight excluding hydrogens is 412 g/mol. The van der Waals surface area contributed by atoms with Gasteiger partial charge in [-0.25, -0.2) is 5.43 Å². The van der Waals surface area contributed by atoms with Crippen molar-refractivity contribution in [3.8, 4) is 11.3 Å². The van der Waals surface area contributed by atoms with Crippen LogP contribution in [0.15, 0.2) is 64.1 Å². The van der Waals surface area contributed by atoms with Gasteiger partial charge in [0, 0.05) is 29.3 Å². The van der Waals surface area contributed by atoms with Crippen LogP contribution < -0.4 is 10.7 Å². The molecular formula is C20H15ClN4O5. The van der Waals surface area contributed by atoms with E-state index in [4.69, 9.17) is 16.0 Å². The number of nitro benzene ring substituents is 1. The first-order valence-electron chi connectivity index (χ1n) is 8.58. The minimum Gasteiger partial charge on any atom is -0.455 e. The molecule has 0 saturated carbocycles. The number of hydrogen-bond acceptors (Lipinski definition) is 6. The largest absolute Gasteiger partial charge is 0.455 e. The predicted molar refractivity (Wildman–Crippen MR) is 112 cm³/mol. The van der Waals surface area contributed by atoms with E-state index in [1.807, 2.05) is 0 Å². The van der Waals surface area contributed by atoms with Crippen molar-refractivity contribution in [1.29, 1.82) is 0 Å². The zero-order valence-corrected chi connectivity index (χ0v) is 16.3. The number of halogens is 1. The number of nitro groups is 1. The number of nitrogens with one attached hydrogen (secondary N) is 2. The number of hydrazone groups is 1. The van der Waals surface area contributed by atoms with Gasteiger partial charge in [0.15, 0.2) is 0 Å². The van der Waals surface area contributed by atoms with Crippen LogP contribution >= 0.6 is 11.6 Å². The summed E-state index contributed by atoms with van der Waals surface area (Å²) in [5, 5.41) is 17.9. The lowest BCUT2D eigenvalue weighted by Gasteiger charge is -2.04. The van der Waals surface area contributed by atoms with E-state index >= 15 is 0 Å². The van der Waals surface area contributed by atoms with Gasteiger partial charge in [-0.2, -0.15) is 5.10 Å². The fraction of sp³-hybridized carbons (Fsp3) is 0.0500. The minimum absolute atomic E-state index is 0.187. The van der Waals surface area contributed by atoms with Crippen molar-refractivity contribution in [1.82, 2.24) is 5.43 Å². The van der Waals surface area contributed by atoms with Gasteiger partial charge in [0.2, 0.25) is 5.91 Å². The Morgan fingerprint density at radius 3 is 2.70 bits per heavy atom. The van der Waals surface area contributed by atoms with Crippen molar-refractivity contribution in [3.63, 3.8) is 0 Å². The Labute approximate surface area is 175 Å². The third-order valence-electron chi connectivity index (χ3n) is 3.85. The zero-order valence-electron chi connectivity index (χ0n) is 15.6. The normalized spacial score (nSPS) is 10.7. The van der Waals surface area contributed by atoms with Gasteiger partial charge in [0.1, 0.15) is 11.5 Å². The number of hydrogen-bond donors (Lipinski definition) is 2. The summed E-state index contributed by atoms with van der Waals surface area (Å²) in [6.45, 7) is 1.37. The number of anilines is 1. The third-order valence-corrected chi connectivity index (χ3v) is 4.09. The topological polar surface area (TPSA) is 127 Å². The van der Waals surface area contributed by atoms with Crippen molar-refractivity contribution in [2.24, 2.45) is 5.10 Å². The van der Waals surface area contributed by atoms with Crippen LogP contribution in [0.4, 0.5) is 11.4 Å². The average Bonchev–Trinajstić information content (AvgIpc) is 3.16. The monoisotopic (exact) mass is 426 g/mol. The highest BCUT2D eigenvalue weighted by molar-refractivity contribution is 6.30. The first-order chi connectivity index (χ1) is 14.3. The number of nitrogens with zero attached hydrogens (tertiary/aromatic N) is 2. The zero-order chi connectivity index (χ0) is 21.7. The summed E-state index contributed by atoms with van der Waals surface area (Å²) in [4.78, 5) is 34.0. The first-order valence-corrected chi connectivity index (χ1v) is 8.96. The summed E-state index contributed by atoms with van der Waals surface area (Å²) in [6, 6.07) is 13.7. The maximum atomic E-state index is 12.2. The van der Waals surface area contributed by atoms with E-state index in [0.717, 1.165) is 0 Å². The number of carbonyl (C=O) groups excluding carboxylic acids is 2. The van der Waals surface area contributed by atoms with Crippen molar-refractivity contribution >= 4 is 41.0 Å². The van der Waals surface area contributed by atoms with Crippen molar-refractivity contribution in [2.45, 2.75) is 6.92 Å². The van der Waals surface area contributed by atoms with Gasteiger partial charge in [-0.3, -0.25) is 19.7 Å². The van der Waals surface area contributed by atoms with Gasteiger partial charge in [-0.05, 0) is 42.5 Å². The molecule has 2 aromatic carbocycles. The Kier molecular flexibility index (Phi) is 6.23. The number of benzene rings is 2. The molecule has 0 unspecified atom stereocenters. The number of rotatable bonds is 6. The van der Waals surface area contributed by atoms with Gasteiger partial charge < -0.3 is 9.73 Å². The molecule has 3 aromatic rings. The van der Waals surface area contributed by atoms with E-state index in [0.29, 0.717) is 11.3 Å². The molecule has 0 bridgehead atoms. The lowest BCUT2D eigenvalue weighted by atomic mass is 10.1.